The zero-order chi connectivity index (χ0) is 13.5. The van der Waals surface area contributed by atoms with Crippen LogP contribution in [-0.2, 0) is 20.1 Å². The Balaban J connectivity index is 1.88. The molecule has 0 aromatic heterocycles. The van der Waals surface area contributed by atoms with Crippen LogP contribution in [0.1, 0.15) is 5.56 Å². The normalized spacial score (nSPS) is 25.7. The molecular formula is C13H16BrNO3S. The summed E-state index contributed by atoms with van der Waals surface area (Å²) in [6, 6.07) is 8.21. The van der Waals surface area contributed by atoms with Gasteiger partial charge in [-0.25, -0.2) is 8.42 Å². The second-order valence-electron chi connectivity index (χ2n) is 5.17. The van der Waals surface area contributed by atoms with Gasteiger partial charge in [-0.05, 0) is 17.7 Å². The highest BCUT2D eigenvalue weighted by atomic mass is 79.9. The lowest BCUT2D eigenvalue weighted by Crippen LogP contribution is -2.62. The molecule has 2 fully saturated rings. The third-order valence-corrected chi connectivity index (χ3v) is 6.10. The molecule has 0 atom stereocenters. The van der Waals surface area contributed by atoms with Gasteiger partial charge in [0.15, 0.2) is 9.84 Å². The summed E-state index contributed by atoms with van der Waals surface area (Å²) < 4.78 is 29.6. The SMILES string of the molecule is O=S1(=O)CCN(C2(c3cccc(Br)c3)COC2)CC1. The van der Waals surface area contributed by atoms with Gasteiger partial charge in [-0.2, -0.15) is 0 Å². The van der Waals surface area contributed by atoms with Crippen molar-refractivity contribution in [2.24, 2.45) is 0 Å². The molecule has 2 aliphatic rings. The van der Waals surface area contributed by atoms with E-state index < -0.39 is 9.84 Å². The highest BCUT2D eigenvalue weighted by molar-refractivity contribution is 9.10. The number of halogens is 1. The Morgan fingerprint density at radius 1 is 1.21 bits per heavy atom. The summed E-state index contributed by atoms with van der Waals surface area (Å²) in [4.78, 5) is 2.26. The molecule has 4 nitrogen and oxygen atoms in total. The Kier molecular flexibility index (Phi) is 3.45. The van der Waals surface area contributed by atoms with E-state index in [-0.39, 0.29) is 17.0 Å². The third-order valence-electron chi connectivity index (χ3n) is 3.99. The van der Waals surface area contributed by atoms with Crippen molar-refractivity contribution in [2.75, 3.05) is 37.8 Å². The summed E-state index contributed by atoms with van der Waals surface area (Å²) in [5, 5.41) is 0. The van der Waals surface area contributed by atoms with Crippen LogP contribution in [0.5, 0.6) is 0 Å². The molecule has 0 bridgehead atoms. The lowest BCUT2D eigenvalue weighted by molar-refractivity contribution is -0.144. The second-order valence-corrected chi connectivity index (χ2v) is 8.39. The summed E-state index contributed by atoms with van der Waals surface area (Å²) in [5.41, 5.74) is 1.06. The van der Waals surface area contributed by atoms with E-state index in [1.54, 1.807) is 0 Å². The average Bonchev–Trinajstić information content (AvgIpc) is 2.30. The van der Waals surface area contributed by atoms with Crippen LogP contribution >= 0.6 is 15.9 Å². The first-order chi connectivity index (χ1) is 9.02. The maximum atomic E-state index is 11.6. The molecule has 0 spiro atoms. The first kappa shape index (κ1) is 13.5. The molecule has 0 aliphatic carbocycles. The summed E-state index contributed by atoms with van der Waals surface area (Å²) in [6.45, 7) is 2.48. The van der Waals surface area contributed by atoms with E-state index in [1.165, 1.54) is 5.56 Å². The van der Waals surface area contributed by atoms with Gasteiger partial charge in [0.05, 0.1) is 30.3 Å². The quantitative estimate of drug-likeness (QED) is 0.812. The van der Waals surface area contributed by atoms with Gasteiger partial charge in [-0.3, -0.25) is 4.90 Å². The Morgan fingerprint density at radius 2 is 1.89 bits per heavy atom. The fourth-order valence-electron chi connectivity index (χ4n) is 2.75. The van der Waals surface area contributed by atoms with Crippen LogP contribution < -0.4 is 0 Å². The Labute approximate surface area is 121 Å². The largest absolute Gasteiger partial charge is 0.377 e. The van der Waals surface area contributed by atoms with Crippen LogP contribution in [0, 0.1) is 0 Å². The standard InChI is InChI=1S/C13H16BrNO3S/c14-12-3-1-2-11(8-12)13(9-18-10-13)15-4-6-19(16,17)7-5-15/h1-3,8H,4-7,9-10H2. The predicted octanol–water partition coefficient (Wildman–Crippen LogP) is 1.41. The summed E-state index contributed by atoms with van der Waals surface area (Å²) in [7, 11) is -2.84. The van der Waals surface area contributed by atoms with Crippen molar-refractivity contribution in [1.29, 1.82) is 0 Å². The van der Waals surface area contributed by atoms with Crippen LogP contribution in [0.4, 0.5) is 0 Å². The van der Waals surface area contributed by atoms with E-state index in [1.807, 2.05) is 12.1 Å². The number of nitrogens with zero attached hydrogens (tertiary/aromatic N) is 1. The lowest BCUT2D eigenvalue weighted by Gasteiger charge is -2.51. The zero-order valence-electron chi connectivity index (χ0n) is 10.5. The maximum Gasteiger partial charge on any atom is 0.152 e. The van der Waals surface area contributed by atoms with Gasteiger partial charge in [-0.15, -0.1) is 0 Å². The van der Waals surface area contributed by atoms with Crippen LogP contribution in [0.2, 0.25) is 0 Å². The molecule has 6 heteroatoms. The predicted molar refractivity (Wildman–Crippen MR) is 76.9 cm³/mol. The number of rotatable bonds is 2. The molecule has 0 unspecified atom stereocenters. The maximum absolute atomic E-state index is 11.6. The van der Waals surface area contributed by atoms with Gasteiger partial charge in [0, 0.05) is 17.6 Å². The smallest absolute Gasteiger partial charge is 0.152 e. The van der Waals surface area contributed by atoms with Crippen molar-refractivity contribution in [1.82, 2.24) is 4.90 Å². The minimum atomic E-state index is -2.84. The van der Waals surface area contributed by atoms with E-state index in [0.717, 1.165) is 4.47 Å². The van der Waals surface area contributed by atoms with E-state index in [2.05, 4.69) is 33.0 Å². The number of hydrogen-bond acceptors (Lipinski definition) is 4. The minimum absolute atomic E-state index is 0.139. The topological polar surface area (TPSA) is 46.6 Å². The fraction of sp³-hybridized carbons (Fsp3) is 0.538. The molecular weight excluding hydrogens is 330 g/mol. The number of sulfone groups is 1. The molecule has 0 radical (unpaired) electrons. The highest BCUT2D eigenvalue weighted by Gasteiger charge is 2.47. The molecule has 1 aromatic carbocycles. The van der Waals surface area contributed by atoms with Crippen LogP contribution in [0.3, 0.4) is 0 Å². The monoisotopic (exact) mass is 345 g/mol. The van der Waals surface area contributed by atoms with Crippen molar-refractivity contribution in [2.45, 2.75) is 5.54 Å². The van der Waals surface area contributed by atoms with Crippen molar-refractivity contribution >= 4 is 25.8 Å². The Hall–Kier alpha value is -0.430. The van der Waals surface area contributed by atoms with E-state index in [0.29, 0.717) is 26.3 Å². The van der Waals surface area contributed by atoms with Crippen molar-refractivity contribution < 1.29 is 13.2 Å². The van der Waals surface area contributed by atoms with E-state index in [9.17, 15) is 8.42 Å². The van der Waals surface area contributed by atoms with Crippen molar-refractivity contribution in [3.63, 3.8) is 0 Å². The average molecular weight is 346 g/mol. The molecule has 2 aliphatic heterocycles. The van der Waals surface area contributed by atoms with E-state index >= 15 is 0 Å². The first-order valence-corrected chi connectivity index (χ1v) is 8.93. The molecule has 0 saturated carbocycles. The van der Waals surface area contributed by atoms with Crippen LogP contribution in [0.25, 0.3) is 0 Å². The Bertz CT molecular complexity index is 569. The van der Waals surface area contributed by atoms with Gasteiger partial charge >= 0.3 is 0 Å². The van der Waals surface area contributed by atoms with Gasteiger partial charge in [0.1, 0.15) is 0 Å². The number of ether oxygens (including phenoxy) is 1. The third kappa shape index (κ3) is 2.46. The van der Waals surface area contributed by atoms with Crippen molar-refractivity contribution in [3.05, 3.63) is 34.3 Å². The molecule has 2 heterocycles. The van der Waals surface area contributed by atoms with Gasteiger partial charge in [0.25, 0.3) is 0 Å². The molecule has 104 valence electrons. The molecule has 3 rings (SSSR count). The zero-order valence-corrected chi connectivity index (χ0v) is 12.9. The molecule has 19 heavy (non-hydrogen) atoms. The molecule has 2 saturated heterocycles. The van der Waals surface area contributed by atoms with Gasteiger partial charge < -0.3 is 4.74 Å². The van der Waals surface area contributed by atoms with Gasteiger partial charge in [0.2, 0.25) is 0 Å². The minimum Gasteiger partial charge on any atom is -0.377 e. The molecule has 0 N–H and O–H groups in total. The highest BCUT2D eigenvalue weighted by Crippen LogP contribution is 2.37. The molecule has 0 amide bonds. The Morgan fingerprint density at radius 3 is 2.42 bits per heavy atom. The second kappa shape index (κ2) is 4.84. The summed E-state index contributed by atoms with van der Waals surface area (Å²) >= 11 is 3.49. The number of benzene rings is 1. The van der Waals surface area contributed by atoms with Crippen LogP contribution in [-0.4, -0.2) is 51.1 Å². The van der Waals surface area contributed by atoms with Crippen molar-refractivity contribution in [3.8, 4) is 0 Å². The molecule has 1 aromatic rings. The summed E-state index contributed by atoms with van der Waals surface area (Å²) in [6.07, 6.45) is 0. The fourth-order valence-corrected chi connectivity index (χ4v) is 4.35. The van der Waals surface area contributed by atoms with E-state index in [4.69, 9.17) is 4.74 Å². The van der Waals surface area contributed by atoms with Gasteiger partial charge in [-0.1, -0.05) is 28.1 Å². The first-order valence-electron chi connectivity index (χ1n) is 6.31. The lowest BCUT2D eigenvalue weighted by atomic mass is 9.86. The summed E-state index contributed by atoms with van der Waals surface area (Å²) in [5.74, 6) is 0.505. The van der Waals surface area contributed by atoms with Crippen LogP contribution in [0.15, 0.2) is 28.7 Å². The number of hydrogen-bond donors (Lipinski definition) is 0.